The topological polar surface area (TPSA) is 80.9 Å². The number of amides is 1. The molecule has 3 N–H and O–H groups in total. The monoisotopic (exact) mass is 306 g/mol. The second-order valence-corrected chi connectivity index (χ2v) is 4.63. The summed E-state index contributed by atoms with van der Waals surface area (Å²) in [6.45, 7) is 1.84. The molecular weight excluding hydrogens is 287 g/mol. The van der Waals surface area contributed by atoms with Crippen LogP contribution in [0, 0.1) is 6.92 Å². The minimum absolute atomic E-state index is 0. The summed E-state index contributed by atoms with van der Waals surface area (Å²) in [5, 5.41) is 2.98. The van der Waals surface area contributed by atoms with Gasteiger partial charge in [0.2, 0.25) is 0 Å². The first kappa shape index (κ1) is 18.1. The Morgan fingerprint density at radius 2 is 1.84 bits per heavy atom. The van der Waals surface area contributed by atoms with E-state index in [0.717, 1.165) is 31.4 Å². The van der Waals surface area contributed by atoms with Gasteiger partial charge in [-0.15, -0.1) is 24.8 Å². The van der Waals surface area contributed by atoms with E-state index in [1.807, 2.05) is 6.92 Å². The molecular formula is C12H20Cl2N4O. The fourth-order valence-electron chi connectivity index (χ4n) is 2.03. The normalized spacial score (nSPS) is 21.8. The van der Waals surface area contributed by atoms with Crippen LogP contribution < -0.4 is 11.1 Å². The van der Waals surface area contributed by atoms with Crippen LogP contribution in [-0.4, -0.2) is 28.0 Å². The summed E-state index contributed by atoms with van der Waals surface area (Å²) in [4.78, 5) is 20.0. The predicted molar refractivity (Wildman–Crippen MR) is 79.0 cm³/mol. The molecule has 1 fully saturated rings. The largest absolute Gasteiger partial charge is 0.348 e. The Hall–Kier alpha value is -0.910. The van der Waals surface area contributed by atoms with E-state index in [2.05, 4.69) is 15.3 Å². The fourth-order valence-corrected chi connectivity index (χ4v) is 2.03. The van der Waals surface area contributed by atoms with E-state index in [9.17, 15) is 4.79 Å². The van der Waals surface area contributed by atoms with Crippen LogP contribution in [0.25, 0.3) is 0 Å². The number of hydrogen-bond acceptors (Lipinski definition) is 4. The smallest absolute Gasteiger partial charge is 0.271 e. The van der Waals surface area contributed by atoms with Gasteiger partial charge in [-0.1, -0.05) is 0 Å². The number of carbonyl (C=O) groups excluding carboxylic acids is 1. The highest BCUT2D eigenvalue weighted by molar-refractivity contribution is 5.92. The average molecular weight is 307 g/mol. The standard InChI is InChI=1S/C12H18N4O.2ClH/c1-8-6-15-11(7-14-8)12(17)16-10-4-2-9(13)3-5-10;;/h6-7,9-10H,2-5,13H2,1H3,(H,16,17);2*1H. The molecule has 1 aliphatic carbocycles. The summed E-state index contributed by atoms with van der Waals surface area (Å²) in [5.74, 6) is -0.141. The second kappa shape index (κ2) is 8.30. The van der Waals surface area contributed by atoms with Gasteiger partial charge in [0.1, 0.15) is 5.69 Å². The van der Waals surface area contributed by atoms with Crippen LogP contribution in [0.4, 0.5) is 0 Å². The minimum atomic E-state index is -0.141. The van der Waals surface area contributed by atoms with Crippen molar-refractivity contribution in [2.45, 2.75) is 44.7 Å². The van der Waals surface area contributed by atoms with Crippen molar-refractivity contribution in [1.82, 2.24) is 15.3 Å². The van der Waals surface area contributed by atoms with E-state index < -0.39 is 0 Å². The summed E-state index contributed by atoms with van der Waals surface area (Å²) >= 11 is 0. The van der Waals surface area contributed by atoms with Crippen molar-refractivity contribution in [2.75, 3.05) is 0 Å². The molecule has 1 heterocycles. The first-order chi connectivity index (χ1) is 8.15. The maximum atomic E-state index is 11.9. The number of nitrogens with two attached hydrogens (primary N) is 1. The van der Waals surface area contributed by atoms with Crippen molar-refractivity contribution in [3.05, 3.63) is 23.8 Å². The lowest BCUT2D eigenvalue weighted by Crippen LogP contribution is -2.40. The number of nitrogens with one attached hydrogen (secondary N) is 1. The van der Waals surface area contributed by atoms with Crippen LogP contribution in [-0.2, 0) is 0 Å². The maximum Gasteiger partial charge on any atom is 0.271 e. The van der Waals surface area contributed by atoms with Crippen molar-refractivity contribution < 1.29 is 4.79 Å². The van der Waals surface area contributed by atoms with Crippen LogP contribution >= 0.6 is 24.8 Å². The zero-order valence-corrected chi connectivity index (χ0v) is 12.5. The van der Waals surface area contributed by atoms with E-state index >= 15 is 0 Å². The minimum Gasteiger partial charge on any atom is -0.348 e. The number of aromatic nitrogens is 2. The third-order valence-corrected chi connectivity index (χ3v) is 3.12. The molecule has 19 heavy (non-hydrogen) atoms. The molecule has 0 bridgehead atoms. The Morgan fingerprint density at radius 1 is 1.21 bits per heavy atom. The Labute approximate surface area is 125 Å². The molecule has 0 unspecified atom stereocenters. The van der Waals surface area contributed by atoms with E-state index in [1.165, 1.54) is 6.20 Å². The number of nitrogens with zero attached hydrogens (tertiary/aromatic N) is 2. The van der Waals surface area contributed by atoms with Gasteiger partial charge in [-0.05, 0) is 32.6 Å². The molecule has 5 nitrogen and oxygen atoms in total. The Balaban J connectivity index is 0.00000162. The molecule has 7 heteroatoms. The lowest BCUT2D eigenvalue weighted by atomic mass is 9.92. The Bertz CT molecular complexity index is 391. The van der Waals surface area contributed by atoms with Crippen molar-refractivity contribution in [2.24, 2.45) is 5.73 Å². The molecule has 1 aliphatic rings. The van der Waals surface area contributed by atoms with Gasteiger partial charge in [0.15, 0.2) is 0 Å². The third-order valence-electron chi connectivity index (χ3n) is 3.12. The average Bonchev–Trinajstić information content (AvgIpc) is 2.33. The predicted octanol–water partition coefficient (Wildman–Crippen LogP) is 1.63. The maximum absolute atomic E-state index is 11.9. The van der Waals surface area contributed by atoms with Crippen molar-refractivity contribution >= 4 is 30.7 Å². The lowest BCUT2D eigenvalue weighted by Gasteiger charge is -2.26. The summed E-state index contributed by atoms with van der Waals surface area (Å²) in [6, 6.07) is 0.521. The van der Waals surface area contributed by atoms with Gasteiger partial charge in [0.05, 0.1) is 11.9 Å². The lowest BCUT2D eigenvalue weighted by molar-refractivity contribution is 0.0920. The molecule has 0 saturated heterocycles. The van der Waals surface area contributed by atoms with Crippen molar-refractivity contribution in [3.8, 4) is 0 Å². The first-order valence-electron chi connectivity index (χ1n) is 6.00. The van der Waals surface area contributed by atoms with Crippen LogP contribution in [0.5, 0.6) is 0 Å². The number of aryl methyl sites for hydroxylation is 1. The molecule has 1 aromatic heterocycles. The SMILES string of the molecule is Cc1cnc(C(=O)NC2CCC(N)CC2)cn1.Cl.Cl. The van der Waals surface area contributed by atoms with Gasteiger partial charge in [0.25, 0.3) is 5.91 Å². The molecule has 108 valence electrons. The van der Waals surface area contributed by atoms with Gasteiger partial charge in [-0.25, -0.2) is 4.98 Å². The summed E-state index contributed by atoms with van der Waals surface area (Å²) < 4.78 is 0. The number of rotatable bonds is 2. The second-order valence-electron chi connectivity index (χ2n) is 4.63. The molecule has 0 aromatic carbocycles. The molecule has 1 saturated carbocycles. The number of halogens is 2. The molecule has 0 spiro atoms. The van der Waals surface area contributed by atoms with Gasteiger partial charge in [0, 0.05) is 18.3 Å². The van der Waals surface area contributed by atoms with E-state index in [-0.39, 0.29) is 36.8 Å². The van der Waals surface area contributed by atoms with Gasteiger partial charge in [-0.2, -0.15) is 0 Å². The van der Waals surface area contributed by atoms with Gasteiger partial charge >= 0.3 is 0 Å². The first-order valence-corrected chi connectivity index (χ1v) is 6.00. The van der Waals surface area contributed by atoms with E-state index in [1.54, 1.807) is 6.20 Å². The van der Waals surface area contributed by atoms with Crippen LogP contribution in [0.2, 0.25) is 0 Å². The highest BCUT2D eigenvalue weighted by Crippen LogP contribution is 2.17. The van der Waals surface area contributed by atoms with Crippen molar-refractivity contribution in [3.63, 3.8) is 0 Å². The molecule has 0 atom stereocenters. The fraction of sp³-hybridized carbons (Fsp3) is 0.583. The van der Waals surface area contributed by atoms with Gasteiger partial charge in [-0.3, -0.25) is 9.78 Å². The molecule has 1 aromatic rings. The third kappa shape index (κ3) is 5.30. The summed E-state index contributed by atoms with van der Waals surface area (Å²) in [7, 11) is 0. The number of carbonyl (C=O) groups is 1. The molecule has 2 rings (SSSR count). The zero-order valence-electron chi connectivity index (χ0n) is 10.8. The van der Waals surface area contributed by atoms with E-state index in [4.69, 9.17) is 5.73 Å². The van der Waals surface area contributed by atoms with Crippen LogP contribution in [0.1, 0.15) is 41.9 Å². The number of hydrogen-bond donors (Lipinski definition) is 2. The Kier molecular flexibility index (Phi) is 7.90. The van der Waals surface area contributed by atoms with Crippen LogP contribution in [0.3, 0.4) is 0 Å². The zero-order chi connectivity index (χ0) is 12.3. The highest BCUT2D eigenvalue weighted by atomic mass is 35.5. The van der Waals surface area contributed by atoms with Crippen LogP contribution in [0.15, 0.2) is 12.4 Å². The molecule has 0 radical (unpaired) electrons. The molecule has 1 amide bonds. The van der Waals surface area contributed by atoms with Gasteiger partial charge < -0.3 is 11.1 Å². The highest BCUT2D eigenvalue weighted by Gasteiger charge is 2.20. The quantitative estimate of drug-likeness (QED) is 0.870. The molecule has 0 aliphatic heterocycles. The summed E-state index contributed by atoms with van der Waals surface area (Å²) in [6.07, 6.45) is 6.97. The van der Waals surface area contributed by atoms with E-state index in [0.29, 0.717) is 11.7 Å². The Morgan fingerprint density at radius 3 is 2.37 bits per heavy atom. The summed E-state index contributed by atoms with van der Waals surface area (Å²) in [5.41, 5.74) is 7.01. The van der Waals surface area contributed by atoms with Crippen molar-refractivity contribution in [1.29, 1.82) is 0 Å².